The monoisotopic (exact) mass is 415 g/mol. The van der Waals surface area contributed by atoms with Crippen LogP contribution in [-0.2, 0) is 19.1 Å². The van der Waals surface area contributed by atoms with Gasteiger partial charge in [-0.1, -0.05) is 32.6 Å². The summed E-state index contributed by atoms with van der Waals surface area (Å²) in [5, 5.41) is 2.88. The highest BCUT2D eigenvalue weighted by Gasteiger charge is 2.71. The average molecular weight is 416 g/mol. The minimum absolute atomic E-state index is 0.0402. The smallest absolute Gasteiger partial charge is 0.224 e. The molecule has 3 rings (SSSR count). The molecule has 28 heavy (non-hydrogen) atoms. The second-order valence-corrected chi connectivity index (χ2v) is 8.91. The Labute approximate surface area is 172 Å². The molecule has 6 unspecified atom stereocenters. The molecule has 1 heterocycles. The summed E-state index contributed by atoms with van der Waals surface area (Å²) in [5.41, 5.74) is 4.88. The number of fused-ring (bicyclic) bond motifs is 5. The van der Waals surface area contributed by atoms with Crippen molar-refractivity contribution in [1.82, 2.24) is 10.2 Å². The van der Waals surface area contributed by atoms with Crippen molar-refractivity contribution in [3.8, 4) is 0 Å². The molecule has 0 aromatic carbocycles. The number of unbranched alkanes of at least 4 members (excludes halogenated alkanes) is 4. The van der Waals surface area contributed by atoms with E-state index in [1.54, 1.807) is 0 Å². The molecule has 2 aliphatic carbocycles. The zero-order chi connectivity index (χ0) is 20.3. The molecule has 3 aliphatic rings. The molecule has 7 atom stereocenters. The van der Waals surface area contributed by atoms with E-state index in [9.17, 15) is 9.59 Å². The molecule has 0 aromatic heterocycles. The lowest BCUT2D eigenvalue weighted by Crippen LogP contribution is -2.57. The molecule has 2 bridgehead atoms. The Bertz CT molecular complexity index is 578. The molecule has 160 valence electrons. The molecule has 0 aromatic rings. The topological polar surface area (TPSA) is 103 Å². The van der Waals surface area contributed by atoms with Crippen LogP contribution in [0.1, 0.15) is 58.8 Å². The Balaban J connectivity index is 1.64. The number of primary amides is 1. The molecule has 8 heteroatoms. The lowest BCUT2D eigenvalue weighted by atomic mass is 9.64. The maximum absolute atomic E-state index is 12.9. The molecule has 0 radical (unpaired) electrons. The van der Waals surface area contributed by atoms with Crippen LogP contribution < -0.4 is 15.9 Å². The van der Waals surface area contributed by atoms with Crippen LogP contribution in [0.5, 0.6) is 0 Å². The highest BCUT2D eigenvalue weighted by molar-refractivity contribution is 6.13. The number of amides is 2. The van der Waals surface area contributed by atoms with Gasteiger partial charge in [-0.15, -0.1) is 0 Å². The number of carbonyl (C=O) groups is 2. The number of nitrogens with two attached hydrogens (primary N) is 1. The third kappa shape index (κ3) is 3.91. The SMILES string of the molecule is CCCCCCCC1OC2C3CC(C2O1)[C@@](C)(C(N)=O)C3C(=O)NCCNCl. The number of ether oxygens (including phenoxy) is 2. The molecule has 3 fully saturated rings. The molecule has 1 aliphatic heterocycles. The molecular weight excluding hydrogens is 382 g/mol. The lowest BCUT2D eigenvalue weighted by molar-refractivity contribution is -0.148. The van der Waals surface area contributed by atoms with Crippen molar-refractivity contribution >= 4 is 23.6 Å². The van der Waals surface area contributed by atoms with Crippen LogP contribution in [-0.4, -0.2) is 43.4 Å². The van der Waals surface area contributed by atoms with Gasteiger partial charge in [-0.2, -0.15) is 0 Å². The first-order chi connectivity index (χ1) is 13.4. The fourth-order valence-corrected chi connectivity index (χ4v) is 5.65. The standard InChI is InChI=1S/C20H34ClN3O4/c1-3-4-5-6-7-8-14-27-16-12-11-13(17(16)28-14)20(2,19(22)26)15(12)18(25)23-9-10-24-21/h12-17,24H,3-11H2,1-2H3,(H2,22,26)(H,23,25)/t12?,13?,14?,15?,16?,17?,20-/m1/s1. The summed E-state index contributed by atoms with van der Waals surface area (Å²) in [7, 11) is 0. The third-order valence-corrected chi connectivity index (χ3v) is 7.20. The molecular formula is C20H34ClN3O4. The Morgan fingerprint density at radius 1 is 1.14 bits per heavy atom. The number of halogens is 1. The van der Waals surface area contributed by atoms with Gasteiger partial charge >= 0.3 is 0 Å². The van der Waals surface area contributed by atoms with Gasteiger partial charge < -0.3 is 20.5 Å². The fourth-order valence-electron chi connectivity index (χ4n) is 5.55. The van der Waals surface area contributed by atoms with Crippen LogP contribution in [0, 0.1) is 23.2 Å². The molecule has 4 N–H and O–H groups in total. The van der Waals surface area contributed by atoms with Gasteiger partial charge in [0.05, 0.1) is 23.5 Å². The number of hydrogen-bond donors (Lipinski definition) is 3. The van der Waals surface area contributed by atoms with Crippen molar-refractivity contribution in [2.75, 3.05) is 13.1 Å². The summed E-state index contributed by atoms with van der Waals surface area (Å²) in [6.07, 6.45) is 7.07. The van der Waals surface area contributed by atoms with Gasteiger partial charge in [-0.05, 0) is 38.0 Å². The second kappa shape index (κ2) is 9.28. The Hall–Kier alpha value is -0.890. The Morgan fingerprint density at radius 2 is 1.86 bits per heavy atom. The highest BCUT2D eigenvalue weighted by Crippen LogP contribution is 2.63. The summed E-state index contributed by atoms with van der Waals surface area (Å²) in [5.74, 6) is -1.18. The number of hydrogen-bond acceptors (Lipinski definition) is 5. The Morgan fingerprint density at radius 3 is 2.54 bits per heavy atom. The van der Waals surface area contributed by atoms with Gasteiger partial charge in [0.25, 0.3) is 0 Å². The van der Waals surface area contributed by atoms with E-state index in [2.05, 4.69) is 17.1 Å². The molecule has 0 spiro atoms. The van der Waals surface area contributed by atoms with Crippen molar-refractivity contribution in [3.63, 3.8) is 0 Å². The summed E-state index contributed by atoms with van der Waals surface area (Å²) in [6.45, 7) is 4.88. The number of carbonyl (C=O) groups excluding carboxylic acids is 2. The van der Waals surface area contributed by atoms with E-state index in [-0.39, 0.29) is 36.2 Å². The van der Waals surface area contributed by atoms with E-state index < -0.39 is 17.2 Å². The summed E-state index contributed by atoms with van der Waals surface area (Å²) >= 11 is 5.46. The van der Waals surface area contributed by atoms with Crippen molar-refractivity contribution in [2.24, 2.45) is 28.9 Å². The minimum atomic E-state index is -0.913. The van der Waals surface area contributed by atoms with Crippen LogP contribution >= 0.6 is 11.8 Å². The van der Waals surface area contributed by atoms with Crippen molar-refractivity contribution in [1.29, 1.82) is 0 Å². The van der Waals surface area contributed by atoms with Crippen LogP contribution in [0.3, 0.4) is 0 Å². The van der Waals surface area contributed by atoms with Crippen molar-refractivity contribution in [2.45, 2.75) is 77.3 Å². The predicted octanol–water partition coefficient (Wildman–Crippen LogP) is 2.07. The van der Waals surface area contributed by atoms with Gasteiger partial charge in [0.15, 0.2) is 6.29 Å². The van der Waals surface area contributed by atoms with Gasteiger partial charge in [0.2, 0.25) is 11.8 Å². The quantitative estimate of drug-likeness (QED) is 0.354. The first-order valence-corrected chi connectivity index (χ1v) is 11.0. The molecule has 1 saturated heterocycles. The van der Waals surface area contributed by atoms with E-state index in [0.717, 1.165) is 19.3 Å². The number of nitrogens with one attached hydrogen (secondary N) is 2. The Kier molecular flexibility index (Phi) is 7.23. The highest BCUT2D eigenvalue weighted by atomic mass is 35.5. The number of rotatable bonds is 11. The summed E-state index contributed by atoms with van der Waals surface area (Å²) in [4.78, 5) is 27.8. The van der Waals surface area contributed by atoms with Crippen LogP contribution in [0.15, 0.2) is 0 Å². The molecule has 7 nitrogen and oxygen atoms in total. The summed E-state index contributed by atoms with van der Waals surface area (Å²) < 4.78 is 12.4. The minimum Gasteiger partial charge on any atom is -0.369 e. The van der Waals surface area contributed by atoms with Gasteiger partial charge in [0, 0.05) is 24.9 Å². The van der Waals surface area contributed by atoms with E-state index in [4.69, 9.17) is 27.0 Å². The fraction of sp³-hybridized carbons (Fsp3) is 0.900. The predicted molar refractivity (Wildman–Crippen MR) is 106 cm³/mol. The lowest BCUT2D eigenvalue weighted by Gasteiger charge is -2.41. The third-order valence-electron chi connectivity index (χ3n) is 7.01. The van der Waals surface area contributed by atoms with E-state index in [1.165, 1.54) is 25.7 Å². The normalized spacial score (nSPS) is 38.5. The first-order valence-electron chi connectivity index (χ1n) is 10.7. The van der Waals surface area contributed by atoms with Gasteiger partial charge in [0.1, 0.15) is 0 Å². The largest absolute Gasteiger partial charge is 0.369 e. The maximum atomic E-state index is 12.9. The van der Waals surface area contributed by atoms with Crippen LogP contribution in [0.4, 0.5) is 0 Å². The average Bonchev–Trinajstić information content (AvgIpc) is 3.30. The summed E-state index contributed by atoms with van der Waals surface area (Å²) in [6, 6.07) is 0. The van der Waals surface area contributed by atoms with Crippen molar-refractivity contribution in [3.05, 3.63) is 0 Å². The van der Waals surface area contributed by atoms with E-state index in [1.807, 2.05) is 6.92 Å². The van der Waals surface area contributed by atoms with Gasteiger partial charge in [-0.3, -0.25) is 9.59 Å². The molecule has 2 saturated carbocycles. The zero-order valence-corrected chi connectivity index (χ0v) is 17.7. The zero-order valence-electron chi connectivity index (χ0n) is 16.9. The van der Waals surface area contributed by atoms with Gasteiger partial charge in [-0.25, -0.2) is 4.84 Å². The van der Waals surface area contributed by atoms with Crippen LogP contribution in [0.2, 0.25) is 0 Å². The van der Waals surface area contributed by atoms with Crippen LogP contribution in [0.25, 0.3) is 0 Å². The van der Waals surface area contributed by atoms with E-state index >= 15 is 0 Å². The molecule has 2 amide bonds. The second-order valence-electron chi connectivity index (χ2n) is 8.64. The van der Waals surface area contributed by atoms with E-state index in [0.29, 0.717) is 13.1 Å². The maximum Gasteiger partial charge on any atom is 0.224 e. The van der Waals surface area contributed by atoms with Crippen molar-refractivity contribution < 1.29 is 19.1 Å². The first kappa shape index (κ1) is 21.8.